The lowest BCUT2D eigenvalue weighted by Gasteiger charge is -2.30. The molecule has 0 spiro atoms. The zero-order valence-electron chi connectivity index (χ0n) is 12.8. The molecule has 0 radical (unpaired) electrons. The highest BCUT2D eigenvalue weighted by molar-refractivity contribution is 6.30. The highest BCUT2D eigenvalue weighted by Crippen LogP contribution is 2.32. The van der Waals surface area contributed by atoms with Gasteiger partial charge in [0.05, 0.1) is 0 Å². The van der Waals surface area contributed by atoms with Gasteiger partial charge in [-0.25, -0.2) is 0 Å². The molecule has 2 N–H and O–H groups in total. The van der Waals surface area contributed by atoms with Crippen LogP contribution in [0.1, 0.15) is 45.6 Å². The predicted molar refractivity (Wildman–Crippen MR) is 86.0 cm³/mol. The molecule has 0 aliphatic heterocycles. The zero-order valence-corrected chi connectivity index (χ0v) is 13.5. The molecular formula is C17H26ClNO. The summed E-state index contributed by atoms with van der Waals surface area (Å²) in [5, 5.41) is 0.686. The molecule has 1 aromatic carbocycles. The van der Waals surface area contributed by atoms with E-state index in [1.165, 1.54) is 0 Å². The first-order chi connectivity index (χ1) is 9.32. The summed E-state index contributed by atoms with van der Waals surface area (Å²) in [6, 6.07) is 7.52. The summed E-state index contributed by atoms with van der Waals surface area (Å²) in [6.07, 6.45) is 2.99. The summed E-state index contributed by atoms with van der Waals surface area (Å²) in [5.41, 5.74) is 6.87. The molecule has 0 aliphatic rings. The van der Waals surface area contributed by atoms with Gasteiger partial charge >= 0.3 is 0 Å². The first kappa shape index (κ1) is 17.2. The van der Waals surface area contributed by atoms with Crippen molar-refractivity contribution in [1.82, 2.24) is 0 Å². The highest BCUT2D eigenvalue weighted by Gasteiger charge is 2.24. The number of carbonyl (C=O) groups is 1. The number of nitrogens with two attached hydrogens (primary N) is 1. The van der Waals surface area contributed by atoms with E-state index in [0.717, 1.165) is 18.4 Å². The molecule has 0 aliphatic carbocycles. The minimum absolute atomic E-state index is 0.204. The normalized spacial score (nSPS) is 13.2. The zero-order chi connectivity index (χ0) is 15.2. The number of carbonyl (C=O) groups excluding carboxylic acids is 1. The first-order valence-corrected chi connectivity index (χ1v) is 7.67. The van der Waals surface area contributed by atoms with Crippen LogP contribution in [0.15, 0.2) is 24.3 Å². The second-order valence-electron chi connectivity index (χ2n) is 6.52. The van der Waals surface area contributed by atoms with Gasteiger partial charge in [0.15, 0.2) is 0 Å². The summed E-state index contributed by atoms with van der Waals surface area (Å²) in [6.45, 7) is 7.34. The summed E-state index contributed by atoms with van der Waals surface area (Å²) < 4.78 is 0. The number of ketones is 1. The Bertz CT molecular complexity index is 437. The van der Waals surface area contributed by atoms with E-state index < -0.39 is 0 Å². The summed E-state index contributed by atoms with van der Waals surface area (Å²) >= 11 is 5.93. The molecule has 1 unspecified atom stereocenters. The average molecular weight is 296 g/mol. The van der Waals surface area contributed by atoms with E-state index in [4.69, 9.17) is 17.3 Å². The van der Waals surface area contributed by atoms with Gasteiger partial charge in [-0.3, -0.25) is 4.79 Å². The van der Waals surface area contributed by atoms with Gasteiger partial charge in [-0.2, -0.15) is 0 Å². The van der Waals surface area contributed by atoms with Crippen molar-refractivity contribution in [3.05, 3.63) is 34.9 Å². The van der Waals surface area contributed by atoms with Crippen LogP contribution < -0.4 is 5.73 Å². The standard InChI is InChI=1S/C17H26ClNO/c1-17(2,3)14(9-10-19)7-8-16(20)12-13-5-4-6-15(18)11-13/h4-6,11,14H,7-10,12,19H2,1-3H3. The first-order valence-electron chi connectivity index (χ1n) is 7.29. The number of hydrogen-bond acceptors (Lipinski definition) is 2. The molecule has 0 saturated heterocycles. The fraction of sp³-hybridized carbons (Fsp3) is 0.588. The molecule has 0 bridgehead atoms. The van der Waals surface area contributed by atoms with Gasteiger partial charge in [-0.05, 0) is 48.4 Å². The van der Waals surface area contributed by atoms with Crippen molar-refractivity contribution in [3.63, 3.8) is 0 Å². The van der Waals surface area contributed by atoms with Crippen molar-refractivity contribution < 1.29 is 4.79 Å². The number of hydrogen-bond donors (Lipinski definition) is 1. The van der Waals surface area contributed by atoms with Gasteiger partial charge in [-0.1, -0.05) is 44.5 Å². The Kier molecular flexibility index (Phi) is 6.70. The summed E-state index contributed by atoms with van der Waals surface area (Å²) in [4.78, 5) is 12.1. The van der Waals surface area contributed by atoms with Crippen LogP contribution in [0, 0.1) is 11.3 Å². The van der Waals surface area contributed by atoms with Gasteiger partial charge in [0.2, 0.25) is 0 Å². The van der Waals surface area contributed by atoms with E-state index in [-0.39, 0.29) is 11.2 Å². The van der Waals surface area contributed by atoms with Crippen LogP contribution in [0.4, 0.5) is 0 Å². The van der Waals surface area contributed by atoms with Crippen LogP contribution in [0.25, 0.3) is 0 Å². The van der Waals surface area contributed by atoms with Crippen LogP contribution in [0.3, 0.4) is 0 Å². The average Bonchev–Trinajstić information content (AvgIpc) is 2.33. The van der Waals surface area contributed by atoms with Gasteiger partial charge in [0.25, 0.3) is 0 Å². The van der Waals surface area contributed by atoms with Crippen molar-refractivity contribution >= 4 is 17.4 Å². The Hall–Kier alpha value is -0.860. The summed E-state index contributed by atoms with van der Waals surface area (Å²) in [7, 11) is 0. The topological polar surface area (TPSA) is 43.1 Å². The molecule has 1 rings (SSSR count). The molecule has 0 fully saturated rings. The Balaban J connectivity index is 2.50. The Morgan fingerprint density at radius 2 is 2.00 bits per heavy atom. The third-order valence-electron chi connectivity index (χ3n) is 3.80. The SMILES string of the molecule is CC(C)(C)C(CCN)CCC(=O)Cc1cccc(Cl)c1. The molecule has 1 aromatic rings. The second-order valence-corrected chi connectivity index (χ2v) is 6.96. The van der Waals surface area contributed by atoms with Crippen LogP contribution in [-0.4, -0.2) is 12.3 Å². The molecule has 2 nitrogen and oxygen atoms in total. The highest BCUT2D eigenvalue weighted by atomic mass is 35.5. The van der Waals surface area contributed by atoms with Gasteiger partial charge in [0.1, 0.15) is 5.78 Å². The molecule has 0 amide bonds. The molecular weight excluding hydrogens is 270 g/mol. The van der Waals surface area contributed by atoms with Crippen LogP contribution in [-0.2, 0) is 11.2 Å². The fourth-order valence-corrected chi connectivity index (χ4v) is 2.72. The van der Waals surface area contributed by atoms with E-state index in [2.05, 4.69) is 20.8 Å². The van der Waals surface area contributed by atoms with Gasteiger partial charge in [-0.15, -0.1) is 0 Å². The van der Waals surface area contributed by atoms with Crippen LogP contribution in [0.5, 0.6) is 0 Å². The van der Waals surface area contributed by atoms with E-state index in [1.54, 1.807) is 0 Å². The molecule has 0 saturated carbocycles. The Labute approximate surface area is 127 Å². The van der Waals surface area contributed by atoms with E-state index in [0.29, 0.717) is 30.3 Å². The minimum atomic E-state index is 0.204. The number of rotatable bonds is 7. The molecule has 20 heavy (non-hydrogen) atoms. The lowest BCUT2D eigenvalue weighted by atomic mass is 9.76. The smallest absolute Gasteiger partial charge is 0.137 e. The van der Waals surface area contributed by atoms with Gasteiger partial charge in [0, 0.05) is 17.9 Å². The lowest BCUT2D eigenvalue weighted by molar-refractivity contribution is -0.118. The molecule has 0 heterocycles. The maximum absolute atomic E-state index is 12.1. The molecule has 112 valence electrons. The minimum Gasteiger partial charge on any atom is -0.330 e. The number of Topliss-reactive ketones (excluding diaryl/α,β-unsaturated/α-hetero) is 1. The van der Waals surface area contributed by atoms with Crippen molar-refractivity contribution in [3.8, 4) is 0 Å². The van der Waals surface area contributed by atoms with E-state index in [9.17, 15) is 4.79 Å². The van der Waals surface area contributed by atoms with E-state index in [1.807, 2.05) is 24.3 Å². The maximum Gasteiger partial charge on any atom is 0.137 e. The molecule has 1 atom stereocenters. The van der Waals surface area contributed by atoms with Crippen LogP contribution in [0.2, 0.25) is 5.02 Å². The largest absolute Gasteiger partial charge is 0.330 e. The van der Waals surface area contributed by atoms with Crippen molar-refractivity contribution in [2.75, 3.05) is 6.54 Å². The lowest BCUT2D eigenvalue weighted by Crippen LogP contribution is -2.24. The predicted octanol–water partition coefficient (Wildman–Crippen LogP) is 4.24. The fourth-order valence-electron chi connectivity index (χ4n) is 2.51. The third kappa shape index (κ3) is 6.06. The Morgan fingerprint density at radius 1 is 1.30 bits per heavy atom. The van der Waals surface area contributed by atoms with E-state index >= 15 is 0 Å². The monoisotopic (exact) mass is 295 g/mol. The Morgan fingerprint density at radius 3 is 2.55 bits per heavy atom. The number of benzene rings is 1. The van der Waals surface area contributed by atoms with Crippen molar-refractivity contribution in [2.45, 2.75) is 46.5 Å². The van der Waals surface area contributed by atoms with Crippen molar-refractivity contribution in [2.24, 2.45) is 17.1 Å². The van der Waals surface area contributed by atoms with Gasteiger partial charge < -0.3 is 5.73 Å². The quantitative estimate of drug-likeness (QED) is 0.817. The van der Waals surface area contributed by atoms with Crippen molar-refractivity contribution in [1.29, 1.82) is 0 Å². The number of halogens is 1. The molecule has 0 aromatic heterocycles. The second kappa shape index (κ2) is 7.80. The maximum atomic E-state index is 12.1. The summed E-state index contributed by atoms with van der Waals surface area (Å²) in [5.74, 6) is 0.773. The third-order valence-corrected chi connectivity index (χ3v) is 4.04. The van der Waals surface area contributed by atoms with Crippen LogP contribution >= 0.6 is 11.6 Å². The molecule has 3 heteroatoms.